The van der Waals surface area contributed by atoms with E-state index in [1.165, 1.54) is 12.1 Å². The lowest BCUT2D eigenvalue weighted by Crippen LogP contribution is -2.45. The van der Waals surface area contributed by atoms with E-state index < -0.39 is 40.7 Å². The highest BCUT2D eigenvalue weighted by Gasteiger charge is 2.35. The number of rotatable bonds is 4. The molecule has 1 saturated heterocycles. The van der Waals surface area contributed by atoms with E-state index in [-0.39, 0.29) is 5.56 Å². The summed E-state index contributed by atoms with van der Waals surface area (Å²) in [5, 5.41) is 2.40. The highest BCUT2D eigenvalue weighted by atomic mass is 35.5. The smallest absolute Gasteiger partial charge is 0.406 e. The molecule has 1 N–H and O–H groups in total. The Morgan fingerprint density at radius 1 is 0.967 bits per heavy atom. The number of halogens is 8. The van der Waals surface area contributed by atoms with Crippen LogP contribution in [0.3, 0.4) is 0 Å². The number of alkyl halides is 6. The van der Waals surface area contributed by atoms with Crippen molar-refractivity contribution in [3.05, 3.63) is 63.9 Å². The summed E-state index contributed by atoms with van der Waals surface area (Å²) in [5.41, 5.74) is -1.11. The molecular formula is C19H16ClF7N2O. The number of ether oxygens (including phenoxy) is 1. The fraction of sp³-hybridized carbons (Fsp3) is 0.368. The molecule has 1 atom stereocenters. The Balaban J connectivity index is 2.07. The minimum Gasteiger partial charge on any atom is -0.406 e. The normalized spacial score (nSPS) is 17.1. The molecule has 1 heterocycles. The number of nitrogens with zero attached hydrogens (tertiary/aromatic N) is 1. The lowest BCUT2D eigenvalue weighted by atomic mass is 9.94. The minimum absolute atomic E-state index is 0.304. The third kappa shape index (κ3) is 5.35. The molecule has 164 valence electrons. The first-order valence-electron chi connectivity index (χ1n) is 8.82. The first-order chi connectivity index (χ1) is 14.0. The Morgan fingerprint density at radius 3 is 2.10 bits per heavy atom. The van der Waals surface area contributed by atoms with Gasteiger partial charge in [-0.15, -0.1) is 13.2 Å². The Bertz CT molecular complexity index is 878. The van der Waals surface area contributed by atoms with Crippen LogP contribution in [-0.4, -0.2) is 37.4 Å². The van der Waals surface area contributed by atoms with Crippen molar-refractivity contribution in [3.8, 4) is 5.75 Å². The van der Waals surface area contributed by atoms with Crippen molar-refractivity contribution in [3.63, 3.8) is 0 Å². The molecule has 11 heteroatoms. The van der Waals surface area contributed by atoms with Crippen LogP contribution in [0.4, 0.5) is 30.7 Å². The molecule has 30 heavy (non-hydrogen) atoms. The van der Waals surface area contributed by atoms with Crippen molar-refractivity contribution >= 4 is 11.6 Å². The van der Waals surface area contributed by atoms with Crippen molar-refractivity contribution in [2.75, 3.05) is 26.2 Å². The van der Waals surface area contributed by atoms with Gasteiger partial charge in [-0.25, -0.2) is 4.39 Å². The molecule has 1 aliphatic rings. The SMILES string of the molecule is Fc1c(Cl)cc(C(F)(F)F)cc1[C@@H](c1ccc(OC(F)(F)F)cc1)N1CCNCC1. The zero-order valence-corrected chi connectivity index (χ0v) is 16.0. The van der Waals surface area contributed by atoms with Gasteiger partial charge in [0, 0.05) is 31.7 Å². The molecule has 2 aromatic carbocycles. The van der Waals surface area contributed by atoms with Crippen LogP contribution in [0, 0.1) is 5.82 Å². The van der Waals surface area contributed by atoms with Crippen molar-refractivity contribution < 1.29 is 35.5 Å². The fourth-order valence-electron chi connectivity index (χ4n) is 3.35. The van der Waals surface area contributed by atoms with E-state index in [1.807, 2.05) is 0 Å². The van der Waals surface area contributed by atoms with Gasteiger partial charge in [0.05, 0.1) is 16.6 Å². The van der Waals surface area contributed by atoms with Gasteiger partial charge in [-0.3, -0.25) is 4.90 Å². The molecule has 0 bridgehead atoms. The van der Waals surface area contributed by atoms with E-state index in [1.54, 1.807) is 4.90 Å². The molecule has 0 radical (unpaired) electrons. The lowest BCUT2D eigenvalue weighted by Gasteiger charge is -2.36. The highest BCUT2D eigenvalue weighted by molar-refractivity contribution is 6.30. The average molecular weight is 457 g/mol. The number of nitrogens with one attached hydrogen (secondary N) is 1. The maximum Gasteiger partial charge on any atom is 0.573 e. The summed E-state index contributed by atoms with van der Waals surface area (Å²) in [7, 11) is 0. The summed E-state index contributed by atoms with van der Waals surface area (Å²) in [6, 6.07) is 4.81. The van der Waals surface area contributed by atoms with Crippen LogP contribution in [0.25, 0.3) is 0 Å². The average Bonchev–Trinajstić information content (AvgIpc) is 2.65. The standard InChI is InChI=1S/C19H16ClF7N2O/c20-15-10-12(18(22,23)24)9-14(16(15)21)17(29-7-5-28-6-8-29)11-1-3-13(4-2-11)30-19(25,26)27/h1-4,9-10,17,28H,5-8H2/t17-/m1/s1. The zero-order valence-electron chi connectivity index (χ0n) is 15.2. The van der Waals surface area contributed by atoms with E-state index in [2.05, 4.69) is 10.1 Å². The Kier molecular flexibility index (Phi) is 6.49. The van der Waals surface area contributed by atoms with E-state index >= 15 is 0 Å². The zero-order chi connectivity index (χ0) is 22.1. The second-order valence-electron chi connectivity index (χ2n) is 6.66. The number of hydrogen-bond donors (Lipinski definition) is 1. The van der Waals surface area contributed by atoms with Crippen molar-refractivity contribution in [1.29, 1.82) is 0 Å². The van der Waals surface area contributed by atoms with Gasteiger partial charge >= 0.3 is 12.5 Å². The molecular weight excluding hydrogens is 441 g/mol. The molecule has 3 rings (SSSR count). The molecule has 0 aromatic heterocycles. The van der Waals surface area contributed by atoms with Gasteiger partial charge in [0.25, 0.3) is 0 Å². The van der Waals surface area contributed by atoms with Crippen LogP contribution in [0.1, 0.15) is 22.7 Å². The third-order valence-corrected chi connectivity index (χ3v) is 4.90. The van der Waals surface area contributed by atoms with E-state index in [9.17, 15) is 30.7 Å². The van der Waals surface area contributed by atoms with Crippen LogP contribution < -0.4 is 10.1 Å². The summed E-state index contributed by atoms with van der Waals surface area (Å²) < 4.78 is 95.7. The molecule has 1 fully saturated rings. The van der Waals surface area contributed by atoms with Gasteiger partial charge < -0.3 is 10.1 Å². The Hall–Kier alpha value is -2.04. The van der Waals surface area contributed by atoms with E-state index in [0.29, 0.717) is 43.9 Å². The Labute approximate surface area is 172 Å². The second kappa shape index (κ2) is 8.60. The van der Waals surface area contributed by atoms with Crippen molar-refractivity contribution in [1.82, 2.24) is 10.2 Å². The van der Waals surface area contributed by atoms with Gasteiger partial charge in [-0.2, -0.15) is 13.2 Å². The monoisotopic (exact) mass is 456 g/mol. The maximum atomic E-state index is 14.8. The first kappa shape index (κ1) is 22.6. The predicted molar refractivity (Wildman–Crippen MR) is 95.8 cm³/mol. The molecule has 3 nitrogen and oxygen atoms in total. The summed E-state index contributed by atoms with van der Waals surface area (Å²) in [4.78, 5) is 1.74. The second-order valence-corrected chi connectivity index (χ2v) is 7.07. The van der Waals surface area contributed by atoms with Crippen LogP contribution in [-0.2, 0) is 6.18 Å². The van der Waals surface area contributed by atoms with Crippen LogP contribution >= 0.6 is 11.6 Å². The van der Waals surface area contributed by atoms with Gasteiger partial charge in [-0.1, -0.05) is 23.7 Å². The van der Waals surface area contributed by atoms with Gasteiger partial charge in [0.15, 0.2) is 0 Å². The number of benzene rings is 2. The van der Waals surface area contributed by atoms with E-state index in [4.69, 9.17) is 11.6 Å². The molecule has 0 unspecified atom stereocenters. The van der Waals surface area contributed by atoms with Crippen molar-refractivity contribution in [2.45, 2.75) is 18.6 Å². The molecule has 0 aliphatic carbocycles. The first-order valence-corrected chi connectivity index (χ1v) is 9.20. The van der Waals surface area contributed by atoms with Gasteiger partial charge in [0.2, 0.25) is 0 Å². The highest BCUT2D eigenvalue weighted by Crippen LogP contribution is 2.39. The topological polar surface area (TPSA) is 24.5 Å². The fourth-order valence-corrected chi connectivity index (χ4v) is 3.58. The Morgan fingerprint density at radius 2 is 1.57 bits per heavy atom. The summed E-state index contributed by atoms with van der Waals surface area (Å²) in [6.45, 7) is 1.80. The molecule has 0 amide bonds. The van der Waals surface area contributed by atoms with Gasteiger partial charge in [-0.05, 0) is 29.8 Å². The minimum atomic E-state index is -4.89. The van der Waals surface area contributed by atoms with Crippen molar-refractivity contribution in [2.24, 2.45) is 0 Å². The predicted octanol–water partition coefficient (Wildman–Crippen LogP) is 5.39. The largest absolute Gasteiger partial charge is 0.573 e. The molecule has 0 spiro atoms. The number of hydrogen-bond acceptors (Lipinski definition) is 3. The molecule has 2 aromatic rings. The lowest BCUT2D eigenvalue weighted by molar-refractivity contribution is -0.274. The summed E-state index contributed by atoms with van der Waals surface area (Å²) in [5.74, 6) is -1.50. The van der Waals surface area contributed by atoms with Crippen LogP contribution in [0.15, 0.2) is 36.4 Å². The summed E-state index contributed by atoms with van der Waals surface area (Å²) >= 11 is 5.74. The molecule has 0 saturated carbocycles. The van der Waals surface area contributed by atoms with E-state index in [0.717, 1.165) is 12.1 Å². The van der Waals surface area contributed by atoms with Crippen LogP contribution in [0.5, 0.6) is 5.75 Å². The third-order valence-electron chi connectivity index (χ3n) is 4.62. The maximum absolute atomic E-state index is 14.8. The molecule has 1 aliphatic heterocycles. The summed E-state index contributed by atoms with van der Waals surface area (Å²) in [6.07, 6.45) is -9.63. The number of piperazine rings is 1. The van der Waals surface area contributed by atoms with Crippen LogP contribution in [0.2, 0.25) is 5.02 Å². The van der Waals surface area contributed by atoms with Gasteiger partial charge in [0.1, 0.15) is 11.6 Å². The quantitative estimate of drug-likeness (QED) is 0.624.